The van der Waals surface area contributed by atoms with Crippen molar-refractivity contribution in [2.24, 2.45) is 10.3 Å². The number of nitriles is 1. The molecule has 4 rings (SSSR count). The van der Waals surface area contributed by atoms with Crippen LogP contribution in [0, 0.1) is 17.2 Å². The average Bonchev–Trinajstić information content (AvgIpc) is 3.05. The Kier molecular flexibility index (Phi) is 5.31. The lowest BCUT2D eigenvalue weighted by atomic mass is 9.94. The summed E-state index contributed by atoms with van der Waals surface area (Å²) in [4.78, 5) is 14.9. The number of hydrogen-bond donors (Lipinski definition) is 1. The van der Waals surface area contributed by atoms with Crippen molar-refractivity contribution in [2.75, 3.05) is 13.1 Å². The van der Waals surface area contributed by atoms with Crippen LogP contribution < -0.4 is 5.32 Å². The predicted octanol–water partition coefficient (Wildman–Crippen LogP) is 2.60. The molecule has 1 unspecified atom stereocenters. The Hall–Kier alpha value is -3.18. The molecule has 0 radical (unpaired) electrons. The van der Waals surface area contributed by atoms with Crippen molar-refractivity contribution in [3.8, 4) is 6.07 Å². The maximum absolute atomic E-state index is 12.7. The molecule has 0 saturated carbocycles. The molecule has 0 spiro atoms. The normalized spacial score (nSPS) is 18.8. The molecule has 2 aromatic carbocycles. The summed E-state index contributed by atoms with van der Waals surface area (Å²) in [6.45, 7) is 3.07. The molecule has 7 nitrogen and oxygen atoms in total. The first-order chi connectivity index (χ1) is 14.4. The maximum atomic E-state index is 12.7. The second kappa shape index (κ2) is 7.92. The number of nitrogens with one attached hydrogen (secondary N) is 1. The van der Waals surface area contributed by atoms with Gasteiger partial charge in [0, 0.05) is 24.6 Å². The monoisotopic (exact) mass is 422 g/mol. The SMILES string of the molecule is CC(NC(=O)C1CCN(C2=NS(=O)(=O)c3ccccc32)CC1)c1ccc(C#N)cc1. The third kappa shape index (κ3) is 3.81. The highest BCUT2D eigenvalue weighted by molar-refractivity contribution is 7.90. The number of nitrogens with zero attached hydrogens (tertiary/aromatic N) is 3. The van der Waals surface area contributed by atoms with Crippen molar-refractivity contribution in [2.45, 2.75) is 30.7 Å². The van der Waals surface area contributed by atoms with Gasteiger partial charge in [-0.25, -0.2) is 0 Å². The summed E-state index contributed by atoms with van der Waals surface area (Å²) in [5.41, 5.74) is 2.17. The molecule has 1 N–H and O–H groups in total. The van der Waals surface area contributed by atoms with E-state index in [1.54, 1.807) is 36.4 Å². The largest absolute Gasteiger partial charge is 0.355 e. The van der Waals surface area contributed by atoms with E-state index in [1.807, 2.05) is 24.0 Å². The lowest BCUT2D eigenvalue weighted by Crippen LogP contribution is -2.43. The zero-order valence-corrected chi connectivity index (χ0v) is 17.4. The highest BCUT2D eigenvalue weighted by Gasteiger charge is 2.34. The molecule has 8 heteroatoms. The second-order valence-corrected chi connectivity index (χ2v) is 9.18. The molecular weight excluding hydrogens is 400 g/mol. The van der Waals surface area contributed by atoms with Crippen LogP contribution in [0.25, 0.3) is 0 Å². The number of amides is 1. The second-order valence-electron chi connectivity index (χ2n) is 7.61. The molecular formula is C22H22N4O3S. The molecule has 2 aliphatic heterocycles. The van der Waals surface area contributed by atoms with Gasteiger partial charge in [0.2, 0.25) is 5.91 Å². The summed E-state index contributed by atoms with van der Waals surface area (Å²) in [6, 6.07) is 16.0. The van der Waals surface area contributed by atoms with E-state index < -0.39 is 10.0 Å². The number of sulfonamides is 1. The van der Waals surface area contributed by atoms with Gasteiger partial charge in [-0.1, -0.05) is 24.3 Å². The van der Waals surface area contributed by atoms with Crippen LogP contribution >= 0.6 is 0 Å². The van der Waals surface area contributed by atoms with Crippen LogP contribution in [0.3, 0.4) is 0 Å². The topological polar surface area (TPSA) is 103 Å². The minimum absolute atomic E-state index is 0.00658. The Labute approximate surface area is 176 Å². The van der Waals surface area contributed by atoms with Crippen LogP contribution in [-0.4, -0.2) is 38.2 Å². The van der Waals surface area contributed by atoms with Gasteiger partial charge >= 0.3 is 0 Å². The summed E-state index contributed by atoms with van der Waals surface area (Å²) in [7, 11) is -3.64. The number of amidine groups is 1. The molecule has 30 heavy (non-hydrogen) atoms. The van der Waals surface area contributed by atoms with Gasteiger partial charge in [-0.15, -0.1) is 4.40 Å². The Morgan fingerprint density at radius 2 is 1.83 bits per heavy atom. The highest BCUT2D eigenvalue weighted by atomic mass is 32.2. The van der Waals surface area contributed by atoms with E-state index in [4.69, 9.17) is 5.26 Å². The van der Waals surface area contributed by atoms with Crippen LogP contribution in [0.4, 0.5) is 0 Å². The molecule has 2 heterocycles. The van der Waals surface area contributed by atoms with Gasteiger partial charge in [0.25, 0.3) is 10.0 Å². The van der Waals surface area contributed by atoms with E-state index >= 15 is 0 Å². The number of piperidine rings is 1. The summed E-state index contributed by atoms with van der Waals surface area (Å²) < 4.78 is 28.5. The summed E-state index contributed by atoms with van der Waals surface area (Å²) in [6.07, 6.45) is 1.26. The fraction of sp³-hybridized carbons (Fsp3) is 0.318. The first kappa shape index (κ1) is 20.1. The van der Waals surface area contributed by atoms with Crippen molar-refractivity contribution in [3.63, 3.8) is 0 Å². The van der Waals surface area contributed by atoms with Crippen molar-refractivity contribution in [3.05, 3.63) is 65.2 Å². The van der Waals surface area contributed by atoms with Gasteiger partial charge in [-0.2, -0.15) is 13.7 Å². The predicted molar refractivity (Wildman–Crippen MR) is 112 cm³/mol. The van der Waals surface area contributed by atoms with Crippen LogP contribution in [-0.2, 0) is 14.8 Å². The summed E-state index contributed by atoms with van der Waals surface area (Å²) in [5.74, 6) is 0.347. The number of benzene rings is 2. The van der Waals surface area contributed by atoms with E-state index in [2.05, 4.69) is 15.8 Å². The molecule has 0 aromatic heterocycles. The molecule has 2 aliphatic rings. The van der Waals surface area contributed by atoms with Crippen molar-refractivity contribution in [1.29, 1.82) is 5.26 Å². The van der Waals surface area contributed by atoms with Crippen molar-refractivity contribution in [1.82, 2.24) is 10.2 Å². The maximum Gasteiger partial charge on any atom is 0.285 e. The quantitative estimate of drug-likeness (QED) is 0.819. The molecule has 154 valence electrons. The molecule has 0 aliphatic carbocycles. The van der Waals surface area contributed by atoms with E-state index in [0.717, 1.165) is 5.56 Å². The third-order valence-electron chi connectivity index (χ3n) is 5.68. The Balaban J connectivity index is 1.38. The van der Waals surface area contributed by atoms with Gasteiger partial charge in [0.05, 0.1) is 17.7 Å². The number of carbonyl (C=O) groups is 1. The van der Waals surface area contributed by atoms with Crippen LogP contribution in [0.15, 0.2) is 57.8 Å². The minimum atomic E-state index is -3.64. The number of rotatable bonds is 3. The molecule has 1 fully saturated rings. The third-order valence-corrected chi connectivity index (χ3v) is 7.00. The lowest BCUT2D eigenvalue weighted by Gasteiger charge is -2.33. The van der Waals surface area contributed by atoms with Crippen LogP contribution in [0.2, 0.25) is 0 Å². The number of hydrogen-bond acceptors (Lipinski definition) is 5. The lowest BCUT2D eigenvalue weighted by molar-refractivity contribution is -0.126. The van der Waals surface area contributed by atoms with Gasteiger partial charge in [-0.3, -0.25) is 4.79 Å². The fourth-order valence-corrected chi connectivity index (χ4v) is 5.16. The zero-order valence-electron chi connectivity index (χ0n) is 16.6. The summed E-state index contributed by atoms with van der Waals surface area (Å²) in [5, 5.41) is 12.0. The number of carbonyl (C=O) groups excluding carboxylic acids is 1. The summed E-state index contributed by atoms with van der Waals surface area (Å²) >= 11 is 0. The number of fused-ring (bicyclic) bond motifs is 1. The fourth-order valence-electron chi connectivity index (χ4n) is 3.93. The Morgan fingerprint density at radius 3 is 2.50 bits per heavy atom. The Bertz CT molecular complexity index is 1140. The number of likely N-dealkylation sites (tertiary alicyclic amines) is 1. The highest BCUT2D eigenvalue weighted by Crippen LogP contribution is 2.30. The van der Waals surface area contributed by atoms with Crippen molar-refractivity contribution >= 4 is 21.8 Å². The zero-order chi connectivity index (χ0) is 21.3. The van der Waals surface area contributed by atoms with Crippen molar-refractivity contribution < 1.29 is 13.2 Å². The van der Waals surface area contributed by atoms with E-state index in [-0.39, 0.29) is 22.8 Å². The molecule has 1 atom stereocenters. The van der Waals surface area contributed by atoms with Gasteiger partial charge in [0.1, 0.15) is 4.90 Å². The van der Waals surface area contributed by atoms with Crippen LogP contribution in [0.1, 0.15) is 42.5 Å². The molecule has 1 saturated heterocycles. The van der Waals surface area contributed by atoms with E-state index in [1.165, 1.54) is 0 Å². The Morgan fingerprint density at radius 1 is 1.17 bits per heavy atom. The minimum Gasteiger partial charge on any atom is -0.355 e. The van der Waals surface area contributed by atoms with Gasteiger partial charge in [0.15, 0.2) is 5.84 Å². The molecule has 2 aromatic rings. The van der Waals surface area contributed by atoms with E-state index in [0.29, 0.717) is 42.9 Å². The molecule has 1 amide bonds. The molecule has 0 bridgehead atoms. The van der Waals surface area contributed by atoms with Gasteiger partial charge < -0.3 is 10.2 Å². The average molecular weight is 423 g/mol. The first-order valence-electron chi connectivity index (χ1n) is 9.89. The standard InChI is InChI=1S/C22H22N4O3S/c1-15(17-8-6-16(14-23)7-9-17)24-22(27)18-10-12-26(13-11-18)21-19-4-2-3-5-20(19)30(28,29)25-21/h2-9,15,18H,10-13H2,1H3,(H,24,27). The van der Waals surface area contributed by atoms with Crippen LogP contribution in [0.5, 0.6) is 0 Å². The van der Waals surface area contributed by atoms with E-state index in [9.17, 15) is 13.2 Å². The van der Waals surface area contributed by atoms with Gasteiger partial charge in [-0.05, 0) is 49.6 Å². The first-order valence-corrected chi connectivity index (χ1v) is 11.3. The smallest absolute Gasteiger partial charge is 0.285 e.